The largest absolute Gasteiger partial charge is 0.310 e. The fraction of sp³-hybridized carbons (Fsp3) is 0. The lowest BCUT2D eigenvalue weighted by atomic mass is 9.35. The Bertz CT molecular complexity index is 2360. The van der Waals surface area contributed by atoms with Gasteiger partial charge < -0.3 is 9.13 Å². The zero-order valence-electron chi connectivity index (χ0n) is 21.5. The standard InChI is InChI=1S/C36H21BN2S/c1-2-10-22(11-3-1)38-29-16-6-4-12-23(29)25-20-32-26(21-31(25)38)24-13-8-15-28-36(24)39(32)30-17-9-19-34-35(30)37(28)27-14-5-7-18-33(27)40-34/h1-21H. The van der Waals surface area contributed by atoms with Gasteiger partial charge in [-0.2, -0.15) is 0 Å². The van der Waals surface area contributed by atoms with Crippen molar-refractivity contribution in [2.75, 3.05) is 0 Å². The number of fused-ring (bicyclic) bond motifs is 10. The van der Waals surface area contributed by atoms with Crippen molar-refractivity contribution in [3.05, 3.63) is 127 Å². The summed E-state index contributed by atoms with van der Waals surface area (Å²) < 4.78 is 4.98. The highest BCUT2D eigenvalue weighted by molar-refractivity contribution is 8.00. The van der Waals surface area contributed by atoms with Gasteiger partial charge in [0, 0.05) is 48.2 Å². The number of para-hydroxylation sites is 3. The van der Waals surface area contributed by atoms with Crippen LogP contribution >= 0.6 is 11.8 Å². The predicted octanol–water partition coefficient (Wildman–Crippen LogP) is 7.18. The Morgan fingerprint density at radius 3 is 2.08 bits per heavy atom. The second kappa shape index (κ2) is 7.50. The summed E-state index contributed by atoms with van der Waals surface area (Å²) in [4.78, 5) is 2.74. The summed E-state index contributed by atoms with van der Waals surface area (Å²) in [7, 11) is 0. The smallest absolute Gasteiger partial charge is 0.249 e. The van der Waals surface area contributed by atoms with Crippen LogP contribution in [0.4, 0.5) is 0 Å². The highest BCUT2D eigenvalue weighted by atomic mass is 32.2. The van der Waals surface area contributed by atoms with Gasteiger partial charge in [-0.1, -0.05) is 96.1 Å². The first kappa shape index (κ1) is 21.2. The third-order valence-electron chi connectivity index (χ3n) is 8.96. The topological polar surface area (TPSA) is 9.86 Å². The van der Waals surface area contributed by atoms with E-state index in [1.807, 2.05) is 11.8 Å². The first-order chi connectivity index (χ1) is 19.9. The van der Waals surface area contributed by atoms with Crippen LogP contribution < -0.4 is 16.4 Å². The number of benzene rings is 6. The third-order valence-corrected chi connectivity index (χ3v) is 10.1. The van der Waals surface area contributed by atoms with Crippen molar-refractivity contribution < 1.29 is 0 Å². The Labute approximate surface area is 235 Å². The molecule has 4 heterocycles. The average molecular weight is 524 g/mol. The quantitative estimate of drug-likeness (QED) is 0.207. The van der Waals surface area contributed by atoms with Gasteiger partial charge in [-0.05, 0) is 59.5 Å². The molecule has 0 fully saturated rings. The Morgan fingerprint density at radius 1 is 0.475 bits per heavy atom. The van der Waals surface area contributed by atoms with Crippen LogP contribution in [0.1, 0.15) is 0 Å². The van der Waals surface area contributed by atoms with E-state index in [0.29, 0.717) is 0 Å². The second-order valence-electron chi connectivity index (χ2n) is 10.9. The van der Waals surface area contributed by atoms with Crippen LogP contribution in [-0.2, 0) is 0 Å². The van der Waals surface area contributed by atoms with Crippen molar-refractivity contribution in [1.82, 2.24) is 9.13 Å². The molecule has 0 aliphatic carbocycles. The Kier molecular flexibility index (Phi) is 3.97. The summed E-state index contributed by atoms with van der Waals surface area (Å²) in [6.45, 7) is 0.248. The monoisotopic (exact) mass is 524 g/mol. The molecule has 2 aliphatic rings. The Morgan fingerprint density at radius 2 is 1.15 bits per heavy atom. The van der Waals surface area contributed by atoms with Crippen molar-refractivity contribution in [1.29, 1.82) is 0 Å². The van der Waals surface area contributed by atoms with E-state index in [9.17, 15) is 0 Å². The Balaban J connectivity index is 1.40. The molecule has 0 N–H and O–H groups in total. The highest BCUT2D eigenvalue weighted by Gasteiger charge is 2.39. The lowest BCUT2D eigenvalue weighted by Gasteiger charge is -2.33. The summed E-state index contributed by atoms with van der Waals surface area (Å²) in [5.74, 6) is 0. The number of rotatable bonds is 1. The molecule has 0 radical (unpaired) electrons. The van der Waals surface area contributed by atoms with E-state index in [0.717, 1.165) is 0 Å². The molecule has 8 aromatic rings. The van der Waals surface area contributed by atoms with Gasteiger partial charge in [0.05, 0.1) is 16.6 Å². The molecule has 40 heavy (non-hydrogen) atoms. The minimum Gasteiger partial charge on any atom is -0.310 e. The van der Waals surface area contributed by atoms with E-state index < -0.39 is 0 Å². The van der Waals surface area contributed by atoms with Crippen molar-refractivity contribution in [2.24, 2.45) is 0 Å². The normalized spacial score (nSPS) is 13.3. The fourth-order valence-corrected chi connectivity index (χ4v) is 8.57. The van der Waals surface area contributed by atoms with Crippen LogP contribution in [0.2, 0.25) is 0 Å². The molecule has 0 saturated heterocycles. The molecule has 10 rings (SSSR count). The zero-order chi connectivity index (χ0) is 25.9. The molecule has 4 heteroatoms. The molecule has 2 nitrogen and oxygen atoms in total. The average Bonchev–Trinajstić information content (AvgIpc) is 3.51. The van der Waals surface area contributed by atoms with Crippen molar-refractivity contribution in [3.8, 4) is 11.4 Å². The first-order valence-electron chi connectivity index (χ1n) is 13.8. The molecule has 0 saturated carbocycles. The third kappa shape index (κ3) is 2.53. The molecule has 184 valence electrons. The minimum absolute atomic E-state index is 0.248. The minimum atomic E-state index is 0.248. The Hall–Kier alpha value is -4.67. The molecule has 0 unspecified atom stereocenters. The van der Waals surface area contributed by atoms with Gasteiger partial charge in [-0.25, -0.2) is 0 Å². The van der Waals surface area contributed by atoms with Gasteiger partial charge in [0.1, 0.15) is 0 Å². The molecular formula is C36H21BN2S. The summed E-state index contributed by atoms with van der Waals surface area (Å²) in [5.41, 5.74) is 11.9. The molecule has 0 atom stereocenters. The summed E-state index contributed by atoms with van der Waals surface area (Å²) in [6.07, 6.45) is 0. The molecule has 2 aliphatic heterocycles. The molecule has 6 aromatic carbocycles. The predicted molar refractivity (Wildman–Crippen MR) is 170 cm³/mol. The molecule has 0 amide bonds. The van der Waals surface area contributed by atoms with Crippen LogP contribution in [-0.4, -0.2) is 15.8 Å². The van der Waals surface area contributed by atoms with E-state index >= 15 is 0 Å². The number of hydrogen-bond acceptors (Lipinski definition) is 1. The van der Waals surface area contributed by atoms with Gasteiger partial charge in [-0.3, -0.25) is 0 Å². The highest BCUT2D eigenvalue weighted by Crippen LogP contribution is 2.41. The maximum Gasteiger partial charge on any atom is 0.249 e. The van der Waals surface area contributed by atoms with Gasteiger partial charge in [0.15, 0.2) is 0 Å². The fourth-order valence-electron chi connectivity index (χ4n) is 7.41. The molecule has 0 bridgehead atoms. The van der Waals surface area contributed by atoms with E-state index in [1.54, 1.807) is 0 Å². The van der Waals surface area contributed by atoms with Gasteiger partial charge in [-0.15, -0.1) is 0 Å². The lowest BCUT2D eigenvalue weighted by molar-refractivity contribution is 1.17. The van der Waals surface area contributed by atoms with E-state index in [-0.39, 0.29) is 6.71 Å². The zero-order valence-corrected chi connectivity index (χ0v) is 22.3. The number of aromatic nitrogens is 2. The molecule has 0 spiro atoms. The van der Waals surface area contributed by atoms with E-state index in [1.165, 1.54) is 81.2 Å². The summed E-state index contributed by atoms with van der Waals surface area (Å²) in [5, 5.41) is 5.21. The molecular weight excluding hydrogens is 503 g/mol. The van der Waals surface area contributed by atoms with Crippen molar-refractivity contribution in [2.45, 2.75) is 9.79 Å². The lowest BCUT2D eigenvalue weighted by Crippen LogP contribution is -2.58. The second-order valence-corrected chi connectivity index (χ2v) is 12.0. The van der Waals surface area contributed by atoms with Crippen molar-refractivity contribution in [3.63, 3.8) is 0 Å². The van der Waals surface area contributed by atoms with Crippen LogP contribution in [0.15, 0.2) is 137 Å². The van der Waals surface area contributed by atoms with Gasteiger partial charge in [0.2, 0.25) is 6.71 Å². The maximum absolute atomic E-state index is 2.55. The first-order valence-corrected chi connectivity index (χ1v) is 14.6. The maximum atomic E-state index is 2.55. The van der Waals surface area contributed by atoms with Gasteiger partial charge in [0.25, 0.3) is 0 Å². The SMILES string of the molecule is c1ccc(-n2c3ccccc3c3cc4c(cc32)c2cccc3c2n4-c2cccc4c2B3c2ccccc2S4)cc1. The van der Waals surface area contributed by atoms with Crippen molar-refractivity contribution >= 4 is 78.5 Å². The van der Waals surface area contributed by atoms with Crippen LogP contribution in [0, 0.1) is 0 Å². The van der Waals surface area contributed by atoms with Crippen LogP contribution in [0.25, 0.3) is 55.0 Å². The summed E-state index contributed by atoms with van der Waals surface area (Å²) >= 11 is 1.91. The number of nitrogens with zero attached hydrogens (tertiary/aromatic N) is 2. The van der Waals surface area contributed by atoms with Crippen LogP contribution in [0.5, 0.6) is 0 Å². The molecule has 2 aromatic heterocycles. The summed E-state index contributed by atoms with van der Waals surface area (Å²) in [6, 6.07) is 47.2. The number of hydrogen-bond donors (Lipinski definition) is 0. The van der Waals surface area contributed by atoms with Crippen LogP contribution in [0.3, 0.4) is 0 Å². The van der Waals surface area contributed by atoms with E-state index in [2.05, 4.69) is 137 Å². The van der Waals surface area contributed by atoms with E-state index in [4.69, 9.17) is 0 Å². The van der Waals surface area contributed by atoms with Gasteiger partial charge >= 0.3 is 0 Å².